The van der Waals surface area contributed by atoms with Crippen LogP contribution in [0.25, 0.3) is 0 Å². The molecule has 2 rings (SSSR count). The van der Waals surface area contributed by atoms with Gasteiger partial charge in [-0.15, -0.1) is 0 Å². The zero-order chi connectivity index (χ0) is 13.1. The lowest BCUT2D eigenvalue weighted by Crippen LogP contribution is -1.97. The van der Waals surface area contributed by atoms with Gasteiger partial charge in [-0.2, -0.15) is 0 Å². The van der Waals surface area contributed by atoms with E-state index < -0.39 is 16.6 Å². The number of hydrogen-bond acceptors (Lipinski definition) is 2. The summed E-state index contributed by atoms with van der Waals surface area (Å²) >= 11 is 5.67. The number of benzene rings is 2. The third-order valence-corrected chi connectivity index (χ3v) is 4.11. The molecule has 2 nitrogen and oxygen atoms in total. The Bertz CT molecular complexity index is 586. The Hall–Kier alpha value is -1.39. The van der Waals surface area contributed by atoms with Crippen molar-refractivity contribution in [3.05, 3.63) is 58.9 Å². The van der Waals surface area contributed by atoms with E-state index in [1.54, 1.807) is 30.3 Å². The van der Waals surface area contributed by atoms with E-state index in [1.165, 1.54) is 12.1 Å². The molecule has 1 unspecified atom stereocenters. The highest BCUT2D eigenvalue weighted by molar-refractivity contribution is 7.84. The van der Waals surface area contributed by atoms with Gasteiger partial charge in [0.15, 0.2) is 0 Å². The van der Waals surface area contributed by atoms with Crippen molar-refractivity contribution in [2.75, 3.05) is 5.73 Å². The van der Waals surface area contributed by atoms with Gasteiger partial charge in [0.2, 0.25) is 0 Å². The Balaban J connectivity index is 2.16. The number of rotatable bonds is 3. The summed E-state index contributed by atoms with van der Waals surface area (Å²) in [7, 11) is -1.19. The molecule has 18 heavy (non-hydrogen) atoms. The van der Waals surface area contributed by atoms with Crippen molar-refractivity contribution in [2.24, 2.45) is 0 Å². The second kappa shape index (κ2) is 5.50. The maximum atomic E-state index is 13.0. The van der Waals surface area contributed by atoms with Gasteiger partial charge in [0.1, 0.15) is 5.82 Å². The van der Waals surface area contributed by atoms with Crippen molar-refractivity contribution in [3.8, 4) is 0 Å². The molecule has 0 aliphatic heterocycles. The van der Waals surface area contributed by atoms with Gasteiger partial charge in [-0.05, 0) is 42.0 Å². The Morgan fingerprint density at radius 3 is 2.44 bits per heavy atom. The molecule has 0 radical (unpaired) electrons. The maximum Gasteiger partial charge on any atom is 0.141 e. The lowest BCUT2D eigenvalue weighted by molar-refractivity contribution is 0.627. The molecule has 0 aliphatic rings. The molecule has 0 saturated carbocycles. The van der Waals surface area contributed by atoms with E-state index in [-0.39, 0.29) is 5.02 Å². The first-order chi connectivity index (χ1) is 8.56. The quantitative estimate of drug-likeness (QED) is 0.878. The normalized spacial score (nSPS) is 12.3. The molecular weight excluding hydrogens is 273 g/mol. The average molecular weight is 284 g/mol. The van der Waals surface area contributed by atoms with Crippen molar-refractivity contribution in [3.63, 3.8) is 0 Å². The maximum absolute atomic E-state index is 13.0. The first-order valence-electron chi connectivity index (χ1n) is 5.24. The van der Waals surface area contributed by atoms with Crippen LogP contribution in [0.4, 0.5) is 10.1 Å². The Morgan fingerprint density at radius 1 is 1.17 bits per heavy atom. The smallest absolute Gasteiger partial charge is 0.141 e. The van der Waals surface area contributed by atoms with E-state index in [0.29, 0.717) is 16.3 Å². The Labute approximate surface area is 112 Å². The molecule has 1 atom stereocenters. The first kappa shape index (κ1) is 13.1. The SMILES string of the molecule is Nc1ccc(S(=O)Cc2ccc(F)c(Cl)c2)cc1. The third-order valence-electron chi connectivity index (χ3n) is 2.42. The summed E-state index contributed by atoms with van der Waals surface area (Å²) < 4.78 is 25.0. The second-order valence-corrected chi connectivity index (χ2v) is 5.67. The Morgan fingerprint density at radius 2 is 1.83 bits per heavy atom. The summed E-state index contributed by atoms with van der Waals surface area (Å²) in [5, 5.41) is 0.0433. The molecule has 0 spiro atoms. The van der Waals surface area contributed by atoms with Gasteiger partial charge >= 0.3 is 0 Å². The van der Waals surface area contributed by atoms with Gasteiger partial charge in [-0.1, -0.05) is 17.7 Å². The molecule has 0 aromatic heterocycles. The molecule has 0 fully saturated rings. The molecule has 5 heteroatoms. The van der Waals surface area contributed by atoms with E-state index in [1.807, 2.05) is 0 Å². The van der Waals surface area contributed by atoms with E-state index >= 15 is 0 Å². The van der Waals surface area contributed by atoms with E-state index in [0.717, 1.165) is 5.56 Å². The summed E-state index contributed by atoms with van der Waals surface area (Å²) in [4.78, 5) is 0.685. The molecule has 2 aromatic carbocycles. The summed E-state index contributed by atoms with van der Waals surface area (Å²) in [6.07, 6.45) is 0. The highest BCUT2D eigenvalue weighted by Crippen LogP contribution is 2.19. The van der Waals surface area contributed by atoms with Crippen molar-refractivity contribution >= 4 is 28.1 Å². The van der Waals surface area contributed by atoms with Gasteiger partial charge in [-0.3, -0.25) is 4.21 Å². The summed E-state index contributed by atoms with van der Waals surface area (Å²) in [6.45, 7) is 0. The van der Waals surface area contributed by atoms with Crippen LogP contribution in [-0.2, 0) is 16.6 Å². The highest BCUT2D eigenvalue weighted by Gasteiger charge is 2.07. The van der Waals surface area contributed by atoms with Gasteiger partial charge < -0.3 is 5.73 Å². The average Bonchev–Trinajstić information content (AvgIpc) is 2.34. The van der Waals surface area contributed by atoms with Crippen molar-refractivity contribution in [2.45, 2.75) is 10.6 Å². The molecule has 0 bridgehead atoms. The lowest BCUT2D eigenvalue weighted by Gasteiger charge is -2.04. The van der Waals surface area contributed by atoms with Crippen molar-refractivity contribution in [1.29, 1.82) is 0 Å². The van der Waals surface area contributed by atoms with Crippen molar-refractivity contribution in [1.82, 2.24) is 0 Å². The molecule has 0 aliphatic carbocycles. The Kier molecular flexibility index (Phi) is 3.99. The molecule has 0 saturated heterocycles. The minimum absolute atomic E-state index is 0.0433. The fourth-order valence-electron chi connectivity index (χ4n) is 1.48. The van der Waals surface area contributed by atoms with Crippen LogP contribution in [0.5, 0.6) is 0 Å². The zero-order valence-corrected chi connectivity index (χ0v) is 11.0. The number of nitrogens with two attached hydrogens (primary N) is 1. The van der Waals surface area contributed by atoms with E-state index in [2.05, 4.69) is 0 Å². The third kappa shape index (κ3) is 3.09. The number of anilines is 1. The topological polar surface area (TPSA) is 43.1 Å². The van der Waals surface area contributed by atoms with Crippen LogP contribution >= 0.6 is 11.6 Å². The van der Waals surface area contributed by atoms with E-state index in [9.17, 15) is 8.60 Å². The van der Waals surface area contributed by atoms with Gasteiger partial charge in [-0.25, -0.2) is 4.39 Å². The predicted molar refractivity (Wildman–Crippen MR) is 72.4 cm³/mol. The fraction of sp³-hybridized carbons (Fsp3) is 0.0769. The molecule has 2 aromatic rings. The summed E-state index contributed by atoms with van der Waals surface area (Å²) in [6, 6.07) is 11.2. The predicted octanol–water partition coefficient (Wildman–Crippen LogP) is 3.37. The van der Waals surface area contributed by atoms with Crippen LogP contribution in [0.2, 0.25) is 5.02 Å². The minimum Gasteiger partial charge on any atom is -0.399 e. The summed E-state index contributed by atoms with van der Waals surface area (Å²) in [5.74, 6) is -0.178. The summed E-state index contributed by atoms with van der Waals surface area (Å²) in [5.41, 5.74) is 6.92. The first-order valence-corrected chi connectivity index (χ1v) is 6.94. The van der Waals surface area contributed by atoms with Gasteiger partial charge in [0.05, 0.1) is 21.6 Å². The molecule has 2 N–H and O–H groups in total. The van der Waals surface area contributed by atoms with Crippen LogP contribution in [0.15, 0.2) is 47.4 Å². The lowest BCUT2D eigenvalue weighted by atomic mass is 10.2. The standard InChI is InChI=1S/C13H11ClFNOS/c14-12-7-9(1-6-13(12)15)8-18(17)11-4-2-10(16)3-5-11/h1-7H,8,16H2. The van der Waals surface area contributed by atoms with Crippen LogP contribution in [0.1, 0.15) is 5.56 Å². The zero-order valence-electron chi connectivity index (χ0n) is 9.40. The molecule has 0 amide bonds. The number of halogens is 2. The molecule has 94 valence electrons. The number of hydrogen-bond donors (Lipinski definition) is 1. The number of nitrogen functional groups attached to an aromatic ring is 1. The molecule has 0 heterocycles. The van der Waals surface area contributed by atoms with Crippen LogP contribution in [0.3, 0.4) is 0 Å². The second-order valence-electron chi connectivity index (χ2n) is 3.81. The minimum atomic E-state index is -1.19. The van der Waals surface area contributed by atoms with Crippen molar-refractivity contribution < 1.29 is 8.60 Å². The van der Waals surface area contributed by atoms with Crippen LogP contribution < -0.4 is 5.73 Å². The van der Waals surface area contributed by atoms with Gasteiger partial charge in [0.25, 0.3) is 0 Å². The monoisotopic (exact) mass is 283 g/mol. The molecular formula is C13H11ClFNOS. The highest BCUT2D eigenvalue weighted by atomic mass is 35.5. The van der Waals surface area contributed by atoms with Gasteiger partial charge in [0, 0.05) is 10.6 Å². The van der Waals surface area contributed by atoms with Crippen LogP contribution in [0, 0.1) is 5.82 Å². The van der Waals surface area contributed by atoms with E-state index in [4.69, 9.17) is 17.3 Å². The largest absolute Gasteiger partial charge is 0.399 e. The fourth-order valence-corrected chi connectivity index (χ4v) is 2.78. The van der Waals surface area contributed by atoms with Crippen LogP contribution in [-0.4, -0.2) is 4.21 Å².